The van der Waals surface area contributed by atoms with E-state index in [0.29, 0.717) is 6.04 Å². The van der Waals surface area contributed by atoms with Crippen molar-refractivity contribution in [2.24, 2.45) is 0 Å². The molecule has 0 aromatic heterocycles. The fourth-order valence-electron chi connectivity index (χ4n) is 3.29. The first-order chi connectivity index (χ1) is 13.2. The van der Waals surface area contributed by atoms with Gasteiger partial charge in [0.05, 0.1) is 0 Å². The molecule has 0 aliphatic heterocycles. The number of hydrogen-bond acceptors (Lipinski definition) is 3. The molecule has 3 N–H and O–H groups in total. The molecule has 0 bridgehead atoms. The van der Waals surface area contributed by atoms with Crippen LogP contribution in [-0.4, -0.2) is 18.1 Å². The van der Waals surface area contributed by atoms with Crippen LogP contribution in [0.1, 0.15) is 20.3 Å². The monoisotopic (exact) mass is 359 g/mol. The Morgan fingerprint density at radius 2 is 0.963 bits per heavy atom. The van der Waals surface area contributed by atoms with Gasteiger partial charge in [-0.15, -0.1) is 0 Å². The van der Waals surface area contributed by atoms with Crippen LogP contribution in [0.4, 0.5) is 17.1 Å². The minimum atomic E-state index is 0.271. The molecule has 3 rings (SSSR count). The molecule has 0 amide bonds. The second-order valence-electron chi connectivity index (χ2n) is 7.06. The highest BCUT2D eigenvalue weighted by Gasteiger charge is 2.20. The van der Waals surface area contributed by atoms with Crippen molar-refractivity contribution in [2.45, 2.75) is 38.4 Å². The van der Waals surface area contributed by atoms with Gasteiger partial charge >= 0.3 is 0 Å². The fourth-order valence-corrected chi connectivity index (χ4v) is 3.29. The van der Waals surface area contributed by atoms with Crippen LogP contribution < -0.4 is 16.0 Å². The third kappa shape index (κ3) is 6.07. The molecule has 3 heteroatoms. The summed E-state index contributed by atoms with van der Waals surface area (Å²) in [5.41, 5.74) is 3.46. The second-order valence-corrected chi connectivity index (χ2v) is 7.06. The van der Waals surface area contributed by atoms with Crippen molar-refractivity contribution in [3.8, 4) is 0 Å². The molecule has 3 unspecified atom stereocenters. The Morgan fingerprint density at radius 3 is 1.44 bits per heavy atom. The zero-order chi connectivity index (χ0) is 18.9. The number of hydrogen-bond donors (Lipinski definition) is 3. The standard InChI is InChI=1S/C24H29N3/c1-19(25-21-12-6-3-7-13-21)18-24(27-23-16-10-5-11-17-23)20(2)26-22-14-8-4-9-15-22/h3-17,19-20,24-27H,18H2,1-2H3. The first kappa shape index (κ1) is 18.8. The van der Waals surface area contributed by atoms with E-state index in [1.807, 2.05) is 18.2 Å². The molecule has 3 aromatic carbocycles. The molecule has 0 saturated heterocycles. The molecule has 0 fully saturated rings. The predicted octanol–water partition coefficient (Wildman–Crippen LogP) is 5.86. The summed E-state index contributed by atoms with van der Waals surface area (Å²) in [5.74, 6) is 0. The first-order valence-corrected chi connectivity index (χ1v) is 9.65. The van der Waals surface area contributed by atoms with E-state index in [4.69, 9.17) is 0 Å². The zero-order valence-corrected chi connectivity index (χ0v) is 16.1. The average molecular weight is 360 g/mol. The molecule has 0 aliphatic carbocycles. The summed E-state index contributed by atoms with van der Waals surface area (Å²) in [6.07, 6.45) is 0.991. The lowest BCUT2D eigenvalue weighted by atomic mass is 10.0. The Balaban J connectivity index is 1.68. The maximum Gasteiger partial charge on any atom is 0.0479 e. The average Bonchev–Trinajstić information content (AvgIpc) is 2.70. The van der Waals surface area contributed by atoms with Crippen molar-refractivity contribution in [2.75, 3.05) is 16.0 Å². The van der Waals surface area contributed by atoms with Gasteiger partial charge in [-0.05, 0) is 56.7 Å². The van der Waals surface area contributed by atoms with Crippen LogP contribution in [0.15, 0.2) is 91.0 Å². The van der Waals surface area contributed by atoms with E-state index in [1.165, 1.54) is 0 Å². The Hall–Kier alpha value is -2.94. The maximum atomic E-state index is 3.71. The number of nitrogens with one attached hydrogen (secondary N) is 3. The third-order valence-corrected chi connectivity index (χ3v) is 4.69. The topological polar surface area (TPSA) is 36.1 Å². The van der Waals surface area contributed by atoms with Crippen molar-refractivity contribution in [3.05, 3.63) is 91.0 Å². The van der Waals surface area contributed by atoms with Gasteiger partial charge in [-0.1, -0.05) is 54.6 Å². The van der Waals surface area contributed by atoms with Gasteiger partial charge in [0.2, 0.25) is 0 Å². The molecule has 3 nitrogen and oxygen atoms in total. The van der Waals surface area contributed by atoms with Crippen molar-refractivity contribution in [1.82, 2.24) is 0 Å². The summed E-state index contributed by atoms with van der Waals surface area (Å²) in [6.45, 7) is 4.48. The minimum absolute atomic E-state index is 0.271. The maximum absolute atomic E-state index is 3.71. The molecular weight excluding hydrogens is 330 g/mol. The lowest BCUT2D eigenvalue weighted by Gasteiger charge is -2.30. The zero-order valence-electron chi connectivity index (χ0n) is 16.1. The SMILES string of the molecule is CC(CC(Nc1ccccc1)C(C)Nc1ccccc1)Nc1ccccc1. The molecular formula is C24H29N3. The van der Waals surface area contributed by atoms with Gasteiger partial charge in [-0.2, -0.15) is 0 Å². The summed E-state index contributed by atoms with van der Waals surface area (Å²) < 4.78 is 0. The molecule has 0 spiro atoms. The molecule has 0 saturated carbocycles. The summed E-state index contributed by atoms with van der Waals surface area (Å²) in [7, 11) is 0. The van der Waals surface area contributed by atoms with Crippen LogP contribution in [0.3, 0.4) is 0 Å². The highest BCUT2D eigenvalue weighted by atomic mass is 15.0. The van der Waals surface area contributed by atoms with Gasteiger partial charge in [-0.3, -0.25) is 0 Å². The van der Waals surface area contributed by atoms with E-state index < -0.39 is 0 Å². The van der Waals surface area contributed by atoms with E-state index >= 15 is 0 Å². The van der Waals surface area contributed by atoms with Crippen LogP contribution in [0.2, 0.25) is 0 Å². The number of benzene rings is 3. The molecule has 27 heavy (non-hydrogen) atoms. The second kappa shape index (κ2) is 9.67. The normalized spacial score (nSPS) is 14.0. The lowest BCUT2D eigenvalue weighted by Crippen LogP contribution is -2.40. The van der Waals surface area contributed by atoms with Crippen LogP contribution in [0, 0.1) is 0 Å². The van der Waals surface area contributed by atoms with Gasteiger partial charge in [-0.25, -0.2) is 0 Å². The van der Waals surface area contributed by atoms with Gasteiger partial charge in [0, 0.05) is 35.2 Å². The van der Waals surface area contributed by atoms with Crippen LogP contribution >= 0.6 is 0 Å². The molecule has 0 heterocycles. The van der Waals surface area contributed by atoms with Crippen LogP contribution in [-0.2, 0) is 0 Å². The quantitative estimate of drug-likeness (QED) is 0.448. The van der Waals surface area contributed by atoms with E-state index in [-0.39, 0.29) is 12.1 Å². The van der Waals surface area contributed by atoms with Crippen LogP contribution in [0.25, 0.3) is 0 Å². The molecule has 140 valence electrons. The Labute approximate surface area is 162 Å². The van der Waals surface area contributed by atoms with E-state index in [0.717, 1.165) is 23.5 Å². The smallest absolute Gasteiger partial charge is 0.0479 e. The fraction of sp³-hybridized carbons (Fsp3) is 0.250. The van der Waals surface area contributed by atoms with Crippen LogP contribution in [0.5, 0.6) is 0 Å². The lowest BCUT2D eigenvalue weighted by molar-refractivity contribution is 0.545. The molecule has 0 radical (unpaired) electrons. The van der Waals surface area contributed by atoms with Gasteiger partial charge in [0.25, 0.3) is 0 Å². The van der Waals surface area contributed by atoms with Crippen molar-refractivity contribution in [1.29, 1.82) is 0 Å². The van der Waals surface area contributed by atoms with Gasteiger partial charge in [0.1, 0.15) is 0 Å². The summed E-state index contributed by atoms with van der Waals surface area (Å²) >= 11 is 0. The van der Waals surface area contributed by atoms with Crippen molar-refractivity contribution >= 4 is 17.1 Å². The van der Waals surface area contributed by atoms with E-state index in [2.05, 4.69) is 103 Å². The van der Waals surface area contributed by atoms with Crippen molar-refractivity contribution < 1.29 is 0 Å². The summed E-state index contributed by atoms with van der Waals surface area (Å²) in [6, 6.07) is 32.1. The van der Waals surface area contributed by atoms with Gasteiger partial charge in [0.15, 0.2) is 0 Å². The molecule has 0 aliphatic rings. The Bertz CT molecular complexity index is 774. The van der Waals surface area contributed by atoms with E-state index in [1.54, 1.807) is 0 Å². The largest absolute Gasteiger partial charge is 0.383 e. The van der Waals surface area contributed by atoms with Crippen molar-refractivity contribution in [3.63, 3.8) is 0 Å². The minimum Gasteiger partial charge on any atom is -0.383 e. The highest BCUT2D eigenvalue weighted by molar-refractivity contribution is 5.48. The Morgan fingerprint density at radius 1 is 0.556 bits per heavy atom. The van der Waals surface area contributed by atoms with Gasteiger partial charge < -0.3 is 16.0 Å². The predicted molar refractivity (Wildman–Crippen MR) is 118 cm³/mol. The summed E-state index contributed by atoms with van der Waals surface area (Å²) in [5, 5.41) is 11.0. The first-order valence-electron chi connectivity index (χ1n) is 9.65. The molecule has 3 aromatic rings. The number of rotatable bonds is 9. The number of anilines is 3. The third-order valence-electron chi connectivity index (χ3n) is 4.69. The number of para-hydroxylation sites is 3. The highest BCUT2D eigenvalue weighted by Crippen LogP contribution is 2.18. The summed E-state index contributed by atoms with van der Waals surface area (Å²) in [4.78, 5) is 0. The molecule has 3 atom stereocenters. The van der Waals surface area contributed by atoms with E-state index in [9.17, 15) is 0 Å². The Kier molecular flexibility index (Phi) is 6.75.